The molecule has 0 aliphatic carbocycles. The molecule has 0 amide bonds. The molecule has 0 radical (unpaired) electrons. The second-order valence-electron chi connectivity index (χ2n) is 8.08. The molecule has 3 rings (SSSR count). The minimum atomic E-state index is -0.419. The molecule has 1 heterocycles. The van der Waals surface area contributed by atoms with Crippen molar-refractivity contribution in [3.8, 4) is 23.1 Å². The van der Waals surface area contributed by atoms with E-state index in [-0.39, 0.29) is 6.61 Å². The molecule has 0 spiro atoms. The van der Waals surface area contributed by atoms with Crippen molar-refractivity contribution < 1.29 is 14.3 Å². The van der Waals surface area contributed by atoms with Crippen LogP contribution in [0.4, 0.5) is 0 Å². The van der Waals surface area contributed by atoms with Gasteiger partial charge in [-0.05, 0) is 49.4 Å². The Morgan fingerprint density at radius 2 is 1.79 bits per heavy atom. The molecule has 0 saturated carbocycles. The Kier molecular flexibility index (Phi) is 9.16. The standard InChI is InChI=1S/C28H31N3O3/c1-4-6-7-12-26-25(28(31-20(3)30-26)34-19-27(32)33-5-2)17-21-13-15-22(16-14-21)24-11-9-8-10-23(24)18-29/h8-11,13-16H,4-7,12,17,19H2,1-3H3. The number of rotatable bonds is 11. The van der Waals surface area contributed by atoms with Crippen LogP contribution in [0.25, 0.3) is 11.1 Å². The zero-order valence-corrected chi connectivity index (χ0v) is 20.1. The van der Waals surface area contributed by atoms with Crippen LogP contribution in [0, 0.1) is 18.3 Å². The van der Waals surface area contributed by atoms with Crippen LogP contribution in [0.1, 0.15) is 61.3 Å². The molecule has 0 aliphatic rings. The number of benzene rings is 2. The maximum atomic E-state index is 11.9. The zero-order valence-electron chi connectivity index (χ0n) is 20.1. The molecule has 3 aromatic rings. The fourth-order valence-corrected chi connectivity index (χ4v) is 3.84. The summed E-state index contributed by atoms with van der Waals surface area (Å²) in [6.45, 7) is 5.90. The third-order valence-electron chi connectivity index (χ3n) is 5.51. The van der Waals surface area contributed by atoms with Crippen molar-refractivity contribution in [1.29, 1.82) is 5.26 Å². The third kappa shape index (κ3) is 6.64. The zero-order chi connectivity index (χ0) is 24.3. The summed E-state index contributed by atoms with van der Waals surface area (Å²) in [5.41, 5.74) is 5.48. The number of hydrogen-bond acceptors (Lipinski definition) is 6. The number of aryl methyl sites for hydroxylation is 2. The lowest BCUT2D eigenvalue weighted by molar-refractivity contribution is -0.145. The lowest BCUT2D eigenvalue weighted by atomic mass is 9.96. The van der Waals surface area contributed by atoms with Crippen LogP contribution in [0.15, 0.2) is 48.5 Å². The quantitative estimate of drug-likeness (QED) is 0.276. The minimum Gasteiger partial charge on any atom is -0.465 e. The van der Waals surface area contributed by atoms with E-state index in [1.807, 2.05) is 55.5 Å². The molecule has 0 aliphatic heterocycles. The summed E-state index contributed by atoms with van der Waals surface area (Å²) in [4.78, 5) is 21.1. The monoisotopic (exact) mass is 457 g/mol. The Labute approximate surface area is 201 Å². The molecule has 0 fully saturated rings. The molecule has 0 bridgehead atoms. The van der Waals surface area contributed by atoms with Crippen molar-refractivity contribution in [2.45, 2.75) is 52.9 Å². The average Bonchev–Trinajstić information content (AvgIpc) is 2.85. The van der Waals surface area contributed by atoms with E-state index < -0.39 is 5.97 Å². The van der Waals surface area contributed by atoms with E-state index in [1.54, 1.807) is 6.92 Å². The number of aromatic nitrogens is 2. The van der Waals surface area contributed by atoms with E-state index in [0.29, 0.717) is 30.3 Å². The van der Waals surface area contributed by atoms with Crippen molar-refractivity contribution in [3.63, 3.8) is 0 Å². The SMILES string of the molecule is CCCCCc1nc(C)nc(OCC(=O)OCC)c1Cc1ccc(-c2ccccc2C#N)cc1. The van der Waals surface area contributed by atoms with Gasteiger partial charge in [0.05, 0.1) is 23.9 Å². The van der Waals surface area contributed by atoms with Gasteiger partial charge < -0.3 is 9.47 Å². The molecule has 176 valence electrons. The van der Waals surface area contributed by atoms with Gasteiger partial charge in [0.15, 0.2) is 6.61 Å². The molecule has 1 aromatic heterocycles. The van der Waals surface area contributed by atoms with Gasteiger partial charge in [-0.3, -0.25) is 0 Å². The number of carbonyl (C=O) groups excluding carboxylic acids is 1. The van der Waals surface area contributed by atoms with Gasteiger partial charge in [0.1, 0.15) is 5.82 Å². The molecule has 0 saturated heterocycles. The van der Waals surface area contributed by atoms with Crippen molar-refractivity contribution >= 4 is 5.97 Å². The van der Waals surface area contributed by atoms with Gasteiger partial charge in [-0.2, -0.15) is 10.2 Å². The molecule has 0 N–H and O–H groups in total. The van der Waals surface area contributed by atoms with Crippen LogP contribution in [0.3, 0.4) is 0 Å². The molecule has 2 aromatic carbocycles. The highest BCUT2D eigenvalue weighted by Crippen LogP contribution is 2.27. The number of nitriles is 1. The highest BCUT2D eigenvalue weighted by molar-refractivity contribution is 5.71. The van der Waals surface area contributed by atoms with Gasteiger partial charge in [0, 0.05) is 12.0 Å². The fraction of sp³-hybridized carbons (Fsp3) is 0.357. The van der Waals surface area contributed by atoms with Gasteiger partial charge >= 0.3 is 5.97 Å². The summed E-state index contributed by atoms with van der Waals surface area (Å²) in [6, 6.07) is 18.0. The predicted molar refractivity (Wildman–Crippen MR) is 132 cm³/mol. The van der Waals surface area contributed by atoms with Crippen LogP contribution >= 0.6 is 0 Å². The highest BCUT2D eigenvalue weighted by Gasteiger charge is 2.17. The Bertz CT molecular complexity index is 1150. The second-order valence-corrected chi connectivity index (χ2v) is 8.08. The van der Waals surface area contributed by atoms with Crippen molar-refractivity contribution in [1.82, 2.24) is 9.97 Å². The highest BCUT2D eigenvalue weighted by atomic mass is 16.6. The van der Waals surface area contributed by atoms with E-state index >= 15 is 0 Å². The van der Waals surface area contributed by atoms with Crippen LogP contribution in [-0.2, 0) is 22.4 Å². The van der Waals surface area contributed by atoms with Gasteiger partial charge in [-0.1, -0.05) is 62.2 Å². The Hall–Kier alpha value is -3.72. The number of ether oxygens (including phenoxy) is 2. The number of carbonyl (C=O) groups is 1. The molecule has 0 unspecified atom stereocenters. The van der Waals surface area contributed by atoms with Crippen LogP contribution in [0.5, 0.6) is 5.88 Å². The first-order valence-electron chi connectivity index (χ1n) is 11.8. The van der Waals surface area contributed by atoms with Crippen LogP contribution < -0.4 is 4.74 Å². The normalized spacial score (nSPS) is 10.5. The van der Waals surface area contributed by atoms with E-state index in [2.05, 4.69) is 18.0 Å². The summed E-state index contributed by atoms with van der Waals surface area (Å²) in [5.74, 6) is 0.640. The summed E-state index contributed by atoms with van der Waals surface area (Å²) >= 11 is 0. The van der Waals surface area contributed by atoms with Crippen molar-refractivity contribution in [2.75, 3.05) is 13.2 Å². The van der Waals surface area contributed by atoms with Crippen molar-refractivity contribution in [2.24, 2.45) is 0 Å². The van der Waals surface area contributed by atoms with Gasteiger partial charge in [-0.25, -0.2) is 9.78 Å². The second kappa shape index (κ2) is 12.5. The maximum absolute atomic E-state index is 11.9. The molecular formula is C28H31N3O3. The lowest BCUT2D eigenvalue weighted by Gasteiger charge is -2.15. The molecular weight excluding hydrogens is 426 g/mol. The van der Waals surface area contributed by atoms with Crippen molar-refractivity contribution in [3.05, 3.63) is 76.7 Å². The number of nitrogens with zero attached hydrogens (tertiary/aromatic N) is 3. The lowest BCUT2D eigenvalue weighted by Crippen LogP contribution is -2.17. The smallest absolute Gasteiger partial charge is 0.344 e. The van der Waals surface area contributed by atoms with E-state index in [4.69, 9.17) is 14.5 Å². The Morgan fingerprint density at radius 3 is 2.50 bits per heavy atom. The Balaban J connectivity index is 1.90. The first-order chi connectivity index (χ1) is 16.5. The van der Waals surface area contributed by atoms with Crippen LogP contribution in [-0.4, -0.2) is 29.2 Å². The first kappa shape index (κ1) is 24.9. The number of hydrogen-bond donors (Lipinski definition) is 0. The topological polar surface area (TPSA) is 85.1 Å². The summed E-state index contributed by atoms with van der Waals surface area (Å²) < 4.78 is 10.8. The third-order valence-corrected chi connectivity index (χ3v) is 5.51. The predicted octanol–water partition coefficient (Wildman–Crippen LogP) is 5.59. The largest absolute Gasteiger partial charge is 0.465 e. The van der Waals surface area contributed by atoms with E-state index in [9.17, 15) is 10.1 Å². The average molecular weight is 458 g/mol. The van der Waals surface area contributed by atoms with Gasteiger partial charge in [0.2, 0.25) is 5.88 Å². The molecule has 6 nitrogen and oxygen atoms in total. The van der Waals surface area contributed by atoms with Crippen LogP contribution in [0.2, 0.25) is 0 Å². The van der Waals surface area contributed by atoms with E-state index in [0.717, 1.165) is 53.6 Å². The summed E-state index contributed by atoms with van der Waals surface area (Å²) in [6.07, 6.45) is 4.68. The summed E-state index contributed by atoms with van der Waals surface area (Å²) in [7, 11) is 0. The Morgan fingerprint density at radius 1 is 1.03 bits per heavy atom. The van der Waals surface area contributed by atoms with E-state index in [1.165, 1.54) is 0 Å². The summed E-state index contributed by atoms with van der Waals surface area (Å²) in [5, 5.41) is 9.41. The van der Waals surface area contributed by atoms with Gasteiger partial charge in [0.25, 0.3) is 0 Å². The minimum absolute atomic E-state index is 0.185. The molecule has 6 heteroatoms. The molecule has 0 atom stereocenters. The molecule has 34 heavy (non-hydrogen) atoms. The number of esters is 1. The maximum Gasteiger partial charge on any atom is 0.344 e. The number of unbranched alkanes of at least 4 members (excludes halogenated alkanes) is 2. The fourth-order valence-electron chi connectivity index (χ4n) is 3.84. The first-order valence-corrected chi connectivity index (χ1v) is 11.8. The van der Waals surface area contributed by atoms with Gasteiger partial charge in [-0.15, -0.1) is 0 Å².